The van der Waals surface area contributed by atoms with Gasteiger partial charge in [0.2, 0.25) is 0 Å². The third-order valence-electron chi connectivity index (χ3n) is 3.02. The predicted octanol–water partition coefficient (Wildman–Crippen LogP) is 4.85. The minimum atomic E-state index is -0.946. The van der Waals surface area contributed by atoms with Gasteiger partial charge in [0.15, 0.2) is 16.8 Å². The van der Waals surface area contributed by atoms with E-state index in [2.05, 4.69) is 17.1 Å². The molecule has 3 rings (SSSR count). The molecule has 0 bridgehead atoms. The number of hydrogen-bond donors (Lipinski definition) is 0. The van der Waals surface area contributed by atoms with Crippen molar-refractivity contribution in [1.29, 1.82) is 0 Å². The molecule has 102 valence electrons. The van der Waals surface area contributed by atoms with Crippen molar-refractivity contribution in [2.24, 2.45) is 0 Å². The van der Waals surface area contributed by atoms with Crippen LogP contribution in [0.15, 0.2) is 24.3 Å². The fourth-order valence-electron chi connectivity index (χ4n) is 1.99. The van der Waals surface area contributed by atoms with Crippen molar-refractivity contribution in [2.75, 3.05) is 0 Å². The number of nitrogens with zero attached hydrogens (tertiary/aromatic N) is 2. The molecule has 0 aliphatic carbocycles. The van der Waals surface area contributed by atoms with Gasteiger partial charge in [-0.3, -0.25) is 0 Å². The summed E-state index contributed by atoms with van der Waals surface area (Å²) in [6, 6.07) is 6.07. The SMILES string of the molecule is CCc1ccc(-c2nnc(Cl)c3cc(F)c(F)cc23)s1. The second kappa shape index (κ2) is 5.07. The number of hydrogen-bond acceptors (Lipinski definition) is 3. The minimum absolute atomic E-state index is 0.0647. The summed E-state index contributed by atoms with van der Waals surface area (Å²) in [6.07, 6.45) is 0.909. The normalized spacial score (nSPS) is 11.2. The second-order valence-electron chi connectivity index (χ2n) is 4.27. The van der Waals surface area contributed by atoms with E-state index in [1.807, 2.05) is 12.1 Å². The molecule has 0 radical (unpaired) electrons. The van der Waals surface area contributed by atoms with Gasteiger partial charge < -0.3 is 0 Å². The summed E-state index contributed by atoms with van der Waals surface area (Å²) in [7, 11) is 0. The third kappa shape index (κ3) is 2.17. The first-order chi connectivity index (χ1) is 9.60. The molecule has 2 heterocycles. The summed E-state index contributed by atoms with van der Waals surface area (Å²) in [4.78, 5) is 2.05. The van der Waals surface area contributed by atoms with Crippen LogP contribution in [0.25, 0.3) is 21.3 Å². The molecule has 0 saturated heterocycles. The maximum absolute atomic E-state index is 13.5. The Balaban J connectivity index is 2.30. The minimum Gasteiger partial charge on any atom is -0.204 e. The zero-order valence-electron chi connectivity index (χ0n) is 10.5. The van der Waals surface area contributed by atoms with Crippen molar-refractivity contribution in [3.05, 3.63) is 45.9 Å². The molecule has 0 atom stereocenters. The summed E-state index contributed by atoms with van der Waals surface area (Å²) in [5, 5.41) is 8.75. The maximum Gasteiger partial charge on any atom is 0.159 e. The summed E-state index contributed by atoms with van der Waals surface area (Å²) in [5.41, 5.74) is 0.521. The van der Waals surface area contributed by atoms with Crippen LogP contribution in [0.5, 0.6) is 0 Å². The number of rotatable bonds is 2. The molecule has 0 fully saturated rings. The Kier molecular flexibility index (Phi) is 3.40. The Hall–Kier alpha value is -1.59. The lowest BCUT2D eigenvalue weighted by Gasteiger charge is -2.05. The maximum atomic E-state index is 13.5. The van der Waals surface area contributed by atoms with Crippen LogP contribution in [-0.4, -0.2) is 10.2 Å². The van der Waals surface area contributed by atoms with Gasteiger partial charge in [0.1, 0.15) is 5.69 Å². The van der Waals surface area contributed by atoms with Crippen molar-refractivity contribution in [2.45, 2.75) is 13.3 Å². The van der Waals surface area contributed by atoms with Crippen LogP contribution in [0, 0.1) is 11.6 Å². The molecule has 2 nitrogen and oxygen atoms in total. The van der Waals surface area contributed by atoms with E-state index >= 15 is 0 Å². The van der Waals surface area contributed by atoms with Crippen LogP contribution in [0.4, 0.5) is 8.78 Å². The first-order valence-electron chi connectivity index (χ1n) is 6.00. The van der Waals surface area contributed by atoms with Crippen LogP contribution in [0.2, 0.25) is 5.15 Å². The number of thiophene rings is 1. The van der Waals surface area contributed by atoms with Crippen molar-refractivity contribution in [1.82, 2.24) is 10.2 Å². The van der Waals surface area contributed by atoms with Gasteiger partial charge in [-0.25, -0.2) is 8.78 Å². The van der Waals surface area contributed by atoms with E-state index in [9.17, 15) is 8.78 Å². The molecule has 2 aromatic heterocycles. The van der Waals surface area contributed by atoms with Gasteiger partial charge in [-0.05, 0) is 30.7 Å². The fraction of sp³-hybridized carbons (Fsp3) is 0.143. The molecule has 6 heteroatoms. The molecule has 0 aliphatic heterocycles. The zero-order valence-corrected chi connectivity index (χ0v) is 12.0. The number of benzene rings is 1. The highest BCUT2D eigenvalue weighted by Gasteiger charge is 2.15. The predicted molar refractivity (Wildman–Crippen MR) is 77.2 cm³/mol. The summed E-state index contributed by atoms with van der Waals surface area (Å²) >= 11 is 7.47. The molecular formula is C14H9ClF2N2S. The summed E-state index contributed by atoms with van der Waals surface area (Å²) in [6.45, 7) is 2.05. The fourth-order valence-corrected chi connectivity index (χ4v) is 3.13. The molecule has 0 unspecified atom stereocenters. The monoisotopic (exact) mass is 310 g/mol. The molecule has 20 heavy (non-hydrogen) atoms. The van der Waals surface area contributed by atoms with Gasteiger partial charge >= 0.3 is 0 Å². The van der Waals surface area contributed by atoms with Crippen LogP contribution in [-0.2, 0) is 6.42 Å². The van der Waals surface area contributed by atoms with E-state index < -0.39 is 11.6 Å². The molecule has 0 saturated carbocycles. The number of halogens is 3. The number of aromatic nitrogens is 2. The number of fused-ring (bicyclic) bond motifs is 1. The Labute approximate surface area is 123 Å². The lowest BCUT2D eigenvalue weighted by molar-refractivity contribution is 0.511. The first kappa shape index (κ1) is 13.4. The summed E-state index contributed by atoms with van der Waals surface area (Å²) < 4.78 is 26.8. The van der Waals surface area contributed by atoms with E-state index in [0.29, 0.717) is 16.5 Å². The Bertz CT molecular complexity index is 801. The van der Waals surface area contributed by atoms with Crippen molar-refractivity contribution >= 4 is 33.7 Å². The van der Waals surface area contributed by atoms with Crippen LogP contribution < -0.4 is 0 Å². The zero-order chi connectivity index (χ0) is 14.3. The van der Waals surface area contributed by atoms with Crippen molar-refractivity contribution in [3.8, 4) is 10.6 Å². The summed E-state index contributed by atoms with van der Waals surface area (Å²) in [5.74, 6) is -1.87. The first-order valence-corrected chi connectivity index (χ1v) is 7.19. The van der Waals surface area contributed by atoms with Gasteiger partial charge in [-0.1, -0.05) is 18.5 Å². The van der Waals surface area contributed by atoms with Gasteiger partial charge in [-0.15, -0.1) is 21.5 Å². The van der Waals surface area contributed by atoms with E-state index in [1.165, 1.54) is 4.88 Å². The second-order valence-corrected chi connectivity index (χ2v) is 5.80. The lowest BCUT2D eigenvalue weighted by Crippen LogP contribution is -1.93. The molecule has 0 N–H and O–H groups in total. The average molecular weight is 311 g/mol. The molecule has 0 spiro atoms. The Morgan fingerprint density at radius 1 is 1.10 bits per heavy atom. The smallest absolute Gasteiger partial charge is 0.159 e. The molecule has 1 aromatic carbocycles. The molecule has 3 aromatic rings. The third-order valence-corrected chi connectivity index (χ3v) is 4.53. The van der Waals surface area contributed by atoms with Gasteiger partial charge in [0.25, 0.3) is 0 Å². The largest absolute Gasteiger partial charge is 0.204 e. The van der Waals surface area contributed by atoms with Gasteiger partial charge in [0, 0.05) is 15.6 Å². The molecule has 0 aliphatic rings. The Morgan fingerprint density at radius 3 is 2.45 bits per heavy atom. The standard InChI is InChI=1S/C14H9ClF2N2S/c1-2-7-3-4-12(20-7)13-8-5-10(16)11(17)6-9(8)14(15)19-18-13/h3-6H,2H2,1H3. The van der Waals surface area contributed by atoms with Gasteiger partial charge in [-0.2, -0.15) is 0 Å². The molecule has 0 amide bonds. The number of aryl methyl sites for hydroxylation is 1. The quantitative estimate of drug-likeness (QED) is 0.676. The van der Waals surface area contributed by atoms with E-state index in [1.54, 1.807) is 11.3 Å². The highest BCUT2D eigenvalue weighted by Crippen LogP contribution is 2.34. The highest BCUT2D eigenvalue weighted by atomic mass is 35.5. The van der Waals surface area contributed by atoms with Crippen LogP contribution in [0.3, 0.4) is 0 Å². The van der Waals surface area contributed by atoms with E-state index in [4.69, 9.17) is 11.6 Å². The van der Waals surface area contributed by atoms with E-state index in [0.717, 1.165) is 23.4 Å². The Morgan fingerprint density at radius 2 is 1.80 bits per heavy atom. The topological polar surface area (TPSA) is 25.8 Å². The lowest BCUT2D eigenvalue weighted by atomic mass is 10.1. The van der Waals surface area contributed by atoms with Crippen LogP contribution in [0.1, 0.15) is 11.8 Å². The van der Waals surface area contributed by atoms with Crippen molar-refractivity contribution < 1.29 is 8.78 Å². The van der Waals surface area contributed by atoms with Crippen molar-refractivity contribution in [3.63, 3.8) is 0 Å². The van der Waals surface area contributed by atoms with E-state index in [-0.39, 0.29) is 5.15 Å². The average Bonchev–Trinajstić information content (AvgIpc) is 2.90. The van der Waals surface area contributed by atoms with Gasteiger partial charge in [0.05, 0.1) is 4.88 Å². The van der Waals surface area contributed by atoms with Crippen LogP contribution >= 0.6 is 22.9 Å². The molecular weight excluding hydrogens is 302 g/mol. The highest BCUT2D eigenvalue weighted by molar-refractivity contribution is 7.15.